The standard InChI is InChI=1S/C10H20O3/c1-5-10(3,4)8(9(11)12)7-13-6-2/h8H,5-7H2,1-4H3,(H,11,12). The molecule has 0 spiro atoms. The molecule has 78 valence electrons. The Kier molecular flexibility index (Phi) is 4.99. The Morgan fingerprint density at radius 3 is 2.31 bits per heavy atom. The van der Waals surface area contributed by atoms with E-state index < -0.39 is 11.9 Å². The zero-order valence-corrected chi connectivity index (χ0v) is 8.96. The summed E-state index contributed by atoms with van der Waals surface area (Å²) in [6.45, 7) is 8.69. The summed E-state index contributed by atoms with van der Waals surface area (Å²) in [5.41, 5.74) is -0.193. The zero-order chi connectivity index (χ0) is 10.5. The second-order valence-corrected chi connectivity index (χ2v) is 3.89. The van der Waals surface area contributed by atoms with Crippen LogP contribution in [-0.2, 0) is 9.53 Å². The zero-order valence-electron chi connectivity index (χ0n) is 8.96. The van der Waals surface area contributed by atoms with Gasteiger partial charge in [-0.2, -0.15) is 0 Å². The highest BCUT2D eigenvalue weighted by atomic mass is 16.5. The molecule has 0 aromatic rings. The first-order valence-corrected chi connectivity index (χ1v) is 4.76. The molecule has 3 nitrogen and oxygen atoms in total. The van der Waals surface area contributed by atoms with Crippen molar-refractivity contribution in [3.63, 3.8) is 0 Å². The van der Waals surface area contributed by atoms with Crippen molar-refractivity contribution in [1.82, 2.24) is 0 Å². The summed E-state index contributed by atoms with van der Waals surface area (Å²) in [5.74, 6) is -1.17. The average Bonchev–Trinajstić information content (AvgIpc) is 2.04. The topological polar surface area (TPSA) is 46.5 Å². The van der Waals surface area contributed by atoms with Crippen molar-refractivity contribution in [3.05, 3.63) is 0 Å². The molecule has 0 aromatic heterocycles. The fourth-order valence-electron chi connectivity index (χ4n) is 1.11. The molecule has 0 aliphatic rings. The number of aliphatic carboxylic acids is 1. The van der Waals surface area contributed by atoms with Crippen LogP contribution in [0.15, 0.2) is 0 Å². The molecule has 0 saturated carbocycles. The highest BCUT2D eigenvalue weighted by molar-refractivity contribution is 5.71. The van der Waals surface area contributed by atoms with Gasteiger partial charge in [0.05, 0.1) is 12.5 Å². The van der Waals surface area contributed by atoms with Crippen LogP contribution in [0.5, 0.6) is 0 Å². The van der Waals surface area contributed by atoms with Gasteiger partial charge in [0.1, 0.15) is 0 Å². The number of hydrogen-bond acceptors (Lipinski definition) is 2. The third-order valence-corrected chi connectivity index (χ3v) is 2.64. The normalized spacial score (nSPS) is 14.2. The SMILES string of the molecule is CCOCC(C(=O)O)C(C)(C)CC. The van der Waals surface area contributed by atoms with E-state index in [0.29, 0.717) is 13.2 Å². The fraction of sp³-hybridized carbons (Fsp3) is 0.900. The molecular weight excluding hydrogens is 168 g/mol. The molecule has 0 aliphatic heterocycles. The van der Waals surface area contributed by atoms with E-state index in [2.05, 4.69) is 0 Å². The van der Waals surface area contributed by atoms with E-state index in [1.165, 1.54) is 0 Å². The summed E-state index contributed by atoms with van der Waals surface area (Å²) in [4.78, 5) is 10.9. The lowest BCUT2D eigenvalue weighted by Crippen LogP contribution is -2.34. The number of carboxylic acid groups (broad SMARTS) is 1. The first-order valence-electron chi connectivity index (χ1n) is 4.76. The summed E-state index contributed by atoms with van der Waals surface area (Å²) in [7, 11) is 0. The summed E-state index contributed by atoms with van der Waals surface area (Å²) in [6.07, 6.45) is 0.844. The second-order valence-electron chi connectivity index (χ2n) is 3.89. The van der Waals surface area contributed by atoms with Crippen molar-refractivity contribution in [2.45, 2.75) is 34.1 Å². The van der Waals surface area contributed by atoms with E-state index in [9.17, 15) is 4.79 Å². The Morgan fingerprint density at radius 1 is 1.46 bits per heavy atom. The average molecular weight is 188 g/mol. The Hall–Kier alpha value is -0.570. The maximum atomic E-state index is 10.9. The molecule has 0 aliphatic carbocycles. The molecule has 1 unspecified atom stereocenters. The van der Waals surface area contributed by atoms with E-state index in [1.54, 1.807) is 0 Å². The minimum atomic E-state index is -0.764. The number of carbonyl (C=O) groups is 1. The van der Waals surface area contributed by atoms with Gasteiger partial charge in [0, 0.05) is 6.61 Å². The highest BCUT2D eigenvalue weighted by Gasteiger charge is 2.33. The smallest absolute Gasteiger partial charge is 0.309 e. The van der Waals surface area contributed by atoms with Gasteiger partial charge in [-0.05, 0) is 12.3 Å². The molecule has 1 N–H and O–H groups in total. The molecule has 0 bridgehead atoms. The maximum absolute atomic E-state index is 10.9. The third kappa shape index (κ3) is 3.77. The predicted molar refractivity (Wildman–Crippen MR) is 51.7 cm³/mol. The summed E-state index contributed by atoms with van der Waals surface area (Å²) >= 11 is 0. The molecular formula is C10H20O3. The van der Waals surface area contributed by atoms with Crippen LogP contribution in [0.2, 0.25) is 0 Å². The second kappa shape index (κ2) is 5.22. The maximum Gasteiger partial charge on any atom is 0.309 e. The largest absolute Gasteiger partial charge is 0.481 e. The van der Waals surface area contributed by atoms with E-state index in [-0.39, 0.29) is 5.41 Å². The minimum absolute atomic E-state index is 0.193. The van der Waals surface area contributed by atoms with Crippen molar-refractivity contribution in [3.8, 4) is 0 Å². The van der Waals surface area contributed by atoms with Gasteiger partial charge in [0.2, 0.25) is 0 Å². The molecule has 0 rings (SSSR count). The molecule has 0 fully saturated rings. The summed E-state index contributed by atoms with van der Waals surface area (Å²) in [5, 5.41) is 8.99. The Labute approximate surface area is 80.1 Å². The van der Waals surface area contributed by atoms with Crippen LogP contribution in [-0.4, -0.2) is 24.3 Å². The van der Waals surface area contributed by atoms with Crippen molar-refractivity contribution in [2.24, 2.45) is 11.3 Å². The molecule has 1 atom stereocenters. The van der Waals surface area contributed by atoms with Gasteiger partial charge < -0.3 is 9.84 Å². The van der Waals surface area contributed by atoms with Gasteiger partial charge in [0.25, 0.3) is 0 Å². The lowest BCUT2D eigenvalue weighted by molar-refractivity contribution is -0.149. The van der Waals surface area contributed by atoms with E-state index in [0.717, 1.165) is 6.42 Å². The van der Waals surface area contributed by atoms with Gasteiger partial charge in [-0.1, -0.05) is 27.2 Å². The highest BCUT2D eigenvalue weighted by Crippen LogP contribution is 2.30. The van der Waals surface area contributed by atoms with Crippen LogP contribution in [0.4, 0.5) is 0 Å². The van der Waals surface area contributed by atoms with Gasteiger partial charge >= 0.3 is 5.97 Å². The van der Waals surface area contributed by atoms with Crippen LogP contribution < -0.4 is 0 Å². The van der Waals surface area contributed by atoms with Crippen molar-refractivity contribution >= 4 is 5.97 Å². The van der Waals surface area contributed by atoms with E-state index in [4.69, 9.17) is 9.84 Å². The van der Waals surface area contributed by atoms with Crippen LogP contribution >= 0.6 is 0 Å². The van der Waals surface area contributed by atoms with Crippen LogP contribution in [0.1, 0.15) is 34.1 Å². The minimum Gasteiger partial charge on any atom is -0.481 e. The molecule has 3 heteroatoms. The Balaban J connectivity index is 4.32. The summed E-state index contributed by atoms with van der Waals surface area (Å²) in [6, 6.07) is 0. The van der Waals surface area contributed by atoms with Crippen LogP contribution in [0.25, 0.3) is 0 Å². The number of carboxylic acids is 1. The lowest BCUT2D eigenvalue weighted by atomic mass is 9.77. The number of ether oxygens (including phenoxy) is 1. The Bertz CT molecular complexity index is 164. The van der Waals surface area contributed by atoms with Gasteiger partial charge in [-0.15, -0.1) is 0 Å². The number of hydrogen-bond donors (Lipinski definition) is 1. The van der Waals surface area contributed by atoms with E-state index in [1.807, 2.05) is 27.7 Å². The molecule has 0 aromatic carbocycles. The van der Waals surface area contributed by atoms with E-state index >= 15 is 0 Å². The van der Waals surface area contributed by atoms with Crippen molar-refractivity contribution in [1.29, 1.82) is 0 Å². The fourth-order valence-corrected chi connectivity index (χ4v) is 1.11. The first kappa shape index (κ1) is 12.4. The van der Waals surface area contributed by atoms with Crippen LogP contribution in [0, 0.1) is 11.3 Å². The van der Waals surface area contributed by atoms with Crippen molar-refractivity contribution < 1.29 is 14.6 Å². The number of rotatable bonds is 6. The van der Waals surface area contributed by atoms with Crippen molar-refractivity contribution in [2.75, 3.05) is 13.2 Å². The van der Waals surface area contributed by atoms with Gasteiger partial charge in [-0.25, -0.2) is 0 Å². The molecule has 13 heavy (non-hydrogen) atoms. The predicted octanol–water partition coefficient (Wildman–Crippen LogP) is 2.16. The van der Waals surface area contributed by atoms with Gasteiger partial charge in [-0.3, -0.25) is 4.79 Å². The molecule has 0 amide bonds. The lowest BCUT2D eigenvalue weighted by Gasteiger charge is -2.29. The molecule has 0 heterocycles. The van der Waals surface area contributed by atoms with Gasteiger partial charge in [0.15, 0.2) is 0 Å². The monoisotopic (exact) mass is 188 g/mol. The first-order chi connectivity index (χ1) is 5.95. The molecule has 0 radical (unpaired) electrons. The van der Waals surface area contributed by atoms with Crippen LogP contribution in [0.3, 0.4) is 0 Å². The molecule has 0 saturated heterocycles. The Morgan fingerprint density at radius 2 is 2.00 bits per heavy atom. The summed E-state index contributed by atoms with van der Waals surface area (Å²) < 4.78 is 5.16. The third-order valence-electron chi connectivity index (χ3n) is 2.64. The quantitative estimate of drug-likeness (QED) is 0.694.